The van der Waals surface area contributed by atoms with Crippen LogP contribution in [0.2, 0.25) is 0 Å². The number of rotatable bonds is 12. The minimum Gasteiger partial charge on any atom is -0.466 e. The molecule has 38 heavy (non-hydrogen) atoms. The number of imidazole rings is 1. The molecule has 10 nitrogen and oxygen atoms in total. The molecule has 0 saturated heterocycles. The third-order valence-electron chi connectivity index (χ3n) is 6.08. The Hall–Kier alpha value is -3.73. The van der Waals surface area contributed by atoms with Gasteiger partial charge in [-0.05, 0) is 38.0 Å². The number of nitrogens with zero attached hydrogens (tertiary/aromatic N) is 3. The van der Waals surface area contributed by atoms with E-state index in [0.29, 0.717) is 48.3 Å². The van der Waals surface area contributed by atoms with Crippen molar-refractivity contribution in [3.63, 3.8) is 0 Å². The van der Waals surface area contributed by atoms with Crippen molar-refractivity contribution < 1.29 is 27.6 Å². The molecule has 1 aromatic heterocycles. The van der Waals surface area contributed by atoms with E-state index in [4.69, 9.17) is 9.57 Å². The van der Waals surface area contributed by atoms with Gasteiger partial charge in [-0.1, -0.05) is 47.6 Å². The summed E-state index contributed by atoms with van der Waals surface area (Å²) in [6, 6.07) is 15.9. The first kappa shape index (κ1) is 27.3. The van der Waals surface area contributed by atoms with Crippen molar-refractivity contribution in [1.82, 2.24) is 14.3 Å². The van der Waals surface area contributed by atoms with Gasteiger partial charge in [0.25, 0.3) is 0 Å². The molecular formula is C27H32N4O6S. The molecule has 2 aromatic carbocycles. The molecule has 2 atom stereocenters. The Labute approximate surface area is 222 Å². The molecule has 0 saturated carbocycles. The Kier molecular flexibility index (Phi) is 8.77. The fourth-order valence-corrected chi connectivity index (χ4v) is 6.08. The molecular weight excluding hydrogens is 508 g/mol. The van der Waals surface area contributed by atoms with Crippen molar-refractivity contribution in [1.29, 1.82) is 0 Å². The fourth-order valence-electron chi connectivity index (χ4n) is 4.43. The van der Waals surface area contributed by atoms with Gasteiger partial charge in [-0.15, -0.1) is 0 Å². The number of carbonyl (C=O) groups is 2. The van der Waals surface area contributed by atoms with Crippen LogP contribution in [0.25, 0.3) is 11.0 Å². The number of esters is 1. The molecule has 1 aliphatic rings. The van der Waals surface area contributed by atoms with Crippen LogP contribution in [-0.2, 0) is 41.4 Å². The average Bonchev–Trinajstić information content (AvgIpc) is 3.47. The second-order valence-electron chi connectivity index (χ2n) is 9.29. The van der Waals surface area contributed by atoms with E-state index in [2.05, 4.69) is 15.5 Å². The Bertz CT molecular complexity index is 1420. The Balaban J connectivity index is 1.37. The molecule has 4 rings (SSSR count). The number of ether oxygens (including phenoxy) is 1. The first-order valence-electron chi connectivity index (χ1n) is 12.6. The molecule has 2 heterocycles. The number of benzene rings is 2. The highest BCUT2D eigenvalue weighted by molar-refractivity contribution is 7.89. The van der Waals surface area contributed by atoms with E-state index >= 15 is 0 Å². The standard InChI is InChI=1S/C27H32N4O6S/c1-3-36-27(33)15-19(2)28-26(32)17-22-16-21(30-37-22)13-14-25-29-23-11-7-8-12-24(23)31(25)38(34,35)18-20-9-5-4-6-10-20/h4-12,19,22H,3,13-18H2,1-2H3,(H,28,32). The van der Waals surface area contributed by atoms with Crippen LogP contribution in [0.3, 0.4) is 0 Å². The van der Waals surface area contributed by atoms with Crippen molar-refractivity contribution in [3.05, 3.63) is 66.0 Å². The number of hydrogen-bond acceptors (Lipinski definition) is 8. The molecule has 1 aliphatic heterocycles. The summed E-state index contributed by atoms with van der Waals surface area (Å²) < 4.78 is 33.1. The lowest BCUT2D eigenvalue weighted by molar-refractivity contribution is -0.143. The van der Waals surface area contributed by atoms with Gasteiger partial charge in [0.05, 0.1) is 41.9 Å². The van der Waals surface area contributed by atoms with Gasteiger partial charge in [-0.2, -0.15) is 0 Å². The zero-order valence-corrected chi connectivity index (χ0v) is 22.3. The molecule has 11 heteroatoms. The maximum Gasteiger partial charge on any atom is 0.307 e. The topological polar surface area (TPSA) is 129 Å². The normalized spacial score (nSPS) is 16.1. The van der Waals surface area contributed by atoms with Crippen molar-refractivity contribution in [2.75, 3.05) is 6.61 Å². The van der Waals surface area contributed by atoms with Gasteiger partial charge in [0.15, 0.2) is 0 Å². The van der Waals surface area contributed by atoms with Gasteiger partial charge in [0.1, 0.15) is 11.9 Å². The maximum atomic E-state index is 13.5. The number of para-hydroxylation sites is 2. The lowest BCUT2D eigenvalue weighted by atomic mass is 10.1. The van der Waals surface area contributed by atoms with E-state index in [-0.39, 0.29) is 36.5 Å². The number of aromatic nitrogens is 2. The molecule has 1 N–H and O–H groups in total. The van der Waals surface area contributed by atoms with E-state index in [9.17, 15) is 18.0 Å². The van der Waals surface area contributed by atoms with Gasteiger partial charge in [0, 0.05) is 18.9 Å². The highest BCUT2D eigenvalue weighted by Crippen LogP contribution is 2.23. The van der Waals surface area contributed by atoms with Crippen molar-refractivity contribution in [2.24, 2.45) is 5.16 Å². The number of amides is 1. The summed E-state index contributed by atoms with van der Waals surface area (Å²) >= 11 is 0. The quantitative estimate of drug-likeness (QED) is 0.349. The minimum atomic E-state index is -3.73. The lowest BCUT2D eigenvalue weighted by Crippen LogP contribution is -2.36. The lowest BCUT2D eigenvalue weighted by Gasteiger charge is -2.14. The number of nitrogens with one attached hydrogen (secondary N) is 1. The molecule has 1 amide bonds. The summed E-state index contributed by atoms with van der Waals surface area (Å²) in [5.74, 6) is -0.312. The van der Waals surface area contributed by atoms with Crippen molar-refractivity contribution in [3.8, 4) is 0 Å². The maximum absolute atomic E-state index is 13.5. The van der Waals surface area contributed by atoms with Crippen LogP contribution < -0.4 is 5.32 Å². The molecule has 0 radical (unpaired) electrons. The zero-order chi connectivity index (χ0) is 27.1. The van der Waals surface area contributed by atoms with Gasteiger partial charge >= 0.3 is 5.97 Å². The fraction of sp³-hybridized carbons (Fsp3) is 0.407. The van der Waals surface area contributed by atoms with Gasteiger partial charge in [0.2, 0.25) is 15.9 Å². The number of carbonyl (C=O) groups excluding carboxylic acids is 2. The Morgan fingerprint density at radius 3 is 2.63 bits per heavy atom. The van der Waals surface area contributed by atoms with Crippen LogP contribution in [-0.4, -0.2) is 53.7 Å². The first-order chi connectivity index (χ1) is 18.2. The van der Waals surface area contributed by atoms with Gasteiger partial charge < -0.3 is 14.9 Å². The van der Waals surface area contributed by atoms with Crippen LogP contribution >= 0.6 is 0 Å². The van der Waals surface area contributed by atoms with Crippen LogP contribution in [0.15, 0.2) is 59.8 Å². The number of aryl methyl sites for hydroxylation is 1. The molecule has 0 aliphatic carbocycles. The van der Waals surface area contributed by atoms with Crippen molar-refractivity contribution in [2.45, 2.75) is 63.9 Å². The second-order valence-corrected chi connectivity index (χ2v) is 11.1. The average molecular weight is 541 g/mol. The molecule has 0 bridgehead atoms. The van der Waals surface area contributed by atoms with Crippen LogP contribution in [0, 0.1) is 0 Å². The van der Waals surface area contributed by atoms with E-state index in [0.717, 1.165) is 5.71 Å². The third kappa shape index (κ3) is 6.97. The first-order valence-corrected chi connectivity index (χ1v) is 14.3. The van der Waals surface area contributed by atoms with Crippen molar-refractivity contribution >= 4 is 38.6 Å². The molecule has 2 unspecified atom stereocenters. The summed E-state index contributed by atoms with van der Waals surface area (Å²) in [7, 11) is -3.73. The van der Waals surface area contributed by atoms with E-state index < -0.39 is 16.1 Å². The smallest absolute Gasteiger partial charge is 0.307 e. The Morgan fingerprint density at radius 2 is 1.87 bits per heavy atom. The molecule has 0 fully saturated rings. The van der Waals surface area contributed by atoms with Gasteiger partial charge in [-0.25, -0.2) is 17.4 Å². The van der Waals surface area contributed by atoms with E-state index in [1.54, 1.807) is 44.2 Å². The third-order valence-corrected chi connectivity index (χ3v) is 7.75. The number of hydrogen-bond donors (Lipinski definition) is 1. The van der Waals surface area contributed by atoms with Crippen LogP contribution in [0.5, 0.6) is 0 Å². The summed E-state index contributed by atoms with van der Waals surface area (Å²) in [4.78, 5) is 34.0. The van der Waals surface area contributed by atoms with Crippen LogP contribution in [0.4, 0.5) is 0 Å². The monoisotopic (exact) mass is 540 g/mol. The second kappa shape index (κ2) is 12.2. The number of fused-ring (bicyclic) bond motifs is 1. The Morgan fingerprint density at radius 1 is 1.13 bits per heavy atom. The largest absolute Gasteiger partial charge is 0.466 e. The molecule has 202 valence electrons. The predicted molar refractivity (Wildman–Crippen MR) is 143 cm³/mol. The molecule has 3 aromatic rings. The molecule has 0 spiro atoms. The highest BCUT2D eigenvalue weighted by atomic mass is 32.2. The predicted octanol–water partition coefficient (Wildman–Crippen LogP) is 3.34. The summed E-state index contributed by atoms with van der Waals surface area (Å²) in [5.41, 5.74) is 2.58. The SMILES string of the molecule is CCOC(=O)CC(C)NC(=O)CC1CC(CCc2nc3ccccc3n2S(=O)(=O)Cc2ccccc2)=NO1. The van der Waals surface area contributed by atoms with Crippen LogP contribution in [0.1, 0.15) is 50.9 Å². The summed E-state index contributed by atoms with van der Waals surface area (Å²) in [6.07, 6.45) is 1.03. The summed E-state index contributed by atoms with van der Waals surface area (Å²) in [5, 5.41) is 6.90. The minimum absolute atomic E-state index is 0.0982. The number of oxime groups is 1. The van der Waals surface area contributed by atoms with Gasteiger partial charge in [-0.3, -0.25) is 9.59 Å². The highest BCUT2D eigenvalue weighted by Gasteiger charge is 2.27. The summed E-state index contributed by atoms with van der Waals surface area (Å²) in [6.45, 7) is 3.77. The van der Waals surface area contributed by atoms with E-state index in [1.165, 1.54) is 3.97 Å². The van der Waals surface area contributed by atoms with E-state index in [1.807, 2.05) is 24.3 Å². The zero-order valence-electron chi connectivity index (χ0n) is 21.5.